The summed E-state index contributed by atoms with van der Waals surface area (Å²) in [4.78, 5) is 10.8. The van der Waals surface area contributed by atoms with Crippen LogP contribution in [-0.2, 0) is 9.05 Å². The second kappa shape index (κ2) is 5.70. The molecule has 0 aromatic heterocycles. The minimum atomic E-state index is -4.63. The minimum absolute atomic E-state index is 0.0901. The van der Waals surface area contributed by atoms with Gasteiger partial charge in [-0.1, -0.05) is 18.5 Å². The number of hydrogen-bond acceptors (Lipinski definition) is 3. The van der Waals surface area contributed by atoms with Crippen molar-refractivity contribution in [2.75, 3.05) is 0 Å². The summed E-state index contributed by atoms with van der Waals surface area (Å²) in [5.41, 5.74) is -0.464. The van der Waals surface area contributed by atoms with Gasteiger partial charge >= 0.3 is 0 Å². The van der Waals surface area contributed by atoms with Gasteiger partial charge in [-0.05, 0) is 24.8 Å². The number of nitrogens with one attached hydrogen (secondary N) is 1. The molecule has 2 rings (SSSR count). The van der Waals surface area contributed by atoms with Crippen molar-refractivity contribution >= 4 is 37.2 Å². The van der Waals surface area contributed by atoms with E-state index in [1.807, 2.05) is 6.92 Å². The fourth-order valence-corrected chi connectivity index (χ4v) is 3.96. The number of rotatable bonds is 3. The van der Waals surface area contributed by atoms with Crippen molar-refractivity contribution in [2.24, 2.45) is 5.92 Å². The van der Waals surface area contributed by atoms with Crippen LogP contribution in [0.1, 0.15) is 30.1 Å². The molecule has 116 valence electrons. The summed E-state index contributed by atoms with van der Waals surface area (Å²) in [6.07, 6.45) is 1.52. The van der Waals surface area contributed by atoms with Gasteiger partial charge in [0.05, 0.1) is 10.6 Å². The van der Waals surface area contributed by atoms with Crippen LogP contribution in [0.15, 0.2) is 11.0 Å². The second-order valence-corrected chi connectivity index (χ2v) is 7.93. The van der Waals surface area contributed by atoms with Gasteiger partial charge in [0, 0.05) is 16.7 Å². The smallest absolute Gasteiger partial charge is 0.265 e. The SMILES string of the molecule is CC1CC(NC(=O)c2cc(F)c(F)c(S(=O)(=O)Cl)c2Cl)C1. The van der Waals surface area contributed by atoms with Crippen molar-refractivity contribution in [1.82, 2.24) is 5.32 Å². The third-order valence-electron chi connectivity index (χ3n) is 3.31. The first-order valence-corrected chi connectivity index (χ1v) is 8.73. The van der Waals surface area contributed by atoms with Crippen LogP contribution in [0.2, 0.25) is 5.02 Å². The lowest BCUT2D eigenvalue weighted by Crippen LogP contribution is -2.43. The molecule has 1 saturated carbocycles. The van der Waals surface area contributed by atoms with Crippen molar-refractivity contribution in [3.05, 3.63) is 28.3 Å². The van der Waals surface area contributed by atoms with Crippen LogP contribution in [0, 0.1) is 17.6 Å². The summed E-state index contributed by atoms with van der Waals surface area (Å²) in [7, 11) is 0.404. The lowest BCUT2D eigenvalue weighted by atomic mass is 9.82. The maximum atomic E-state index is 13.5. The molecule has 0 radical (unpaired) electrons. The van der Waals surface area contributed by atoms with Crippen molar-refractivity contribution < 1.29 is 22.0 Å². The number of carbonyl (C=O) groups excluding carboxylic acids is 1. The zero-order chi connectivity index (χ0) is 15.9. The van der Waals surface area contributed by atoms with Gasteiger partial charge in [0.1, 0.15) is 4.90 Å². The van der Waals surface area contributed by atoms with E-state index >= 15 is 0 Å². The Morgan fingerprint density at radius 1 is 1.38 bits per heavy atom. The highest BCUT2D eigenvalue weighted by Gasteiger charge is 2.31. The zero-order valence-electron chi connectivity index (χ0n) is 10.8. The monoisotopic (exact) mass is 357 g/mol. The molecule has 1 amide bonds. The number of carbonyl (C=O) groups is 1. The lowest BCUT2D eigenvalue weighted by Gasteiger charge is -2.33. The minimum Gasteiger partial charge on any atom is -0.349 e. The first kappa shape index (κ1) is 16.5. The summed E-state index contributed by atoms with van der Waals surface area (Å²) in [6, 6.07) is 0.466. The first-order chi connectivity index (χ1) is 9.61. The molecule has 1 aromatic rings. The number of benzene rings is 1. The molecule has 0 spiro atoms. The Bertz CT molecular complexity index is 703. The predicted octanol–water partition coefficient (Wildman–Crippen LogP) is 3.07. The van der Waals surface area contributed by atoms with E-state index in [-0.39, 0.29) is 6.04 Å². The number of hydrogen-bond donors (Lipinski definition) is 1. The van der Waals surface area contributed by atoms with Crippen molar-refractivity contribution in [3.63, 3.8) is 0 Å². The maximum absolute atomic E-state index is 13.5. The summed E-state index contributed by atoms with van der Waals surface area (Å²) >= 11 is 5.71. The van der Waals surface area contributed by atoms with E-state index in [0.717, 1.165) is 12.8 Å². The van der Waals surface area contributed by atoms with E-state index in [0.29, 0.717) is 12.0 Å². The van der Waals surface area contributed by atoms with Crippen LogP contribution in [-0.4, -0.2) is 20.4 Å². The highest BCUT2D eigenvalue weighted by molar-refractivity contribution is 8.13. The molecule has 0 atom stereocenters. The van der Waals surface area contributed by atoms with E-state index in [2.05, 4.69) is 5.32 Å². The van der Waals surface area contributed by atoms with Gasteiger partial charge in [0.2, 0.25) is 0 Å². The third kappa shape index (κ3) is 3.30. The van der Waals surface area contributed by atoms with Gasteiger partial charge in [-0.2, -0.15) is 0 Å². The van der Waals surface area contributed by atoms with Crippen molar-refractivity contribution in [3.8, 4) is 0 Å². The Labute approximate surface area is 129 Å². The molecule has 0 saturated heterocycles. The molecular formula is C12H11Cl2F2NO3S. The van der Waals surface area contributed by atoms with Crippen LogP contribution in [0.5, 0.6) is 0 Å². The quantitative estimate of drug-likeness (QED) is 0.667. The molecule has 1 N–H and O–H groups in total. The van der Waals surface area contributed by atoms with Crippen LogP contribution in [0.4, 0.5) is 8.78 Å². The maximum Gasteiger partial charge on any atom is 0.265 e. The van der Waals surface area contributed by atoms with Gasteiger partial charge in [-0.3, -0.25) is 4.79 Å². The number of halogens is 4. The molecule has 0 unspecified atom stereocenters. The molecule has 9 heteroatoms. The fraction of sp³-hybridized carbons (Fsp3) is 0.417. The van der Waals surface area contributed by atoms with E-state index < -0.39 is 42.1 Å². The summed E-state index contributed by atoms with van der Waals surface area (Å²) in [5, 5.41) is 1.85. The van der Waals surface area contributed by atoms with Gasteiger partial charge in [0.25, 0.3) is 15.0 Å². The van der Waals surface area contributed by atoms with Crippen LogP contribution >= 0.6 is 22.3 Å². The van der Waals surface area contributed by atoms with Crippen molar-refractivity contribution in [1.29, 1.82) is 0 Å². The average Bonchev–Trinajstić information content (AvgIpc) is 2.30. The Balaban J connectivity index is 2.40. The molecular weight excluding hydrogens is 347 g/mol. The molecule has 1 aromatic carbocycles. The largest absolute Gasteiger partial charge is 0.349 e. The number of amides is 1. The summed E-state index contributed by atoms with van der Waals surface area (Å²) in [5.74, 6) is -3.51. The molecule has 0 bridgehead atoms. The Kier molecular flexibility index (Phi) is 4.46. The Morgan fingerprint density at radius 3 is 2.43 bits per heavy atom. The Hall–Kier alpha value is -0.920. The highest BCUT2D eigenvalue weighted by Crippen LogP contribution is 2.33. The van der Waals surface area contributed by atoms with Crippen LogP contribution in [0.25, 0.3) is 0 Å². The van der Waals surface area contributed by atoms with Gasteiger partial charge in [0.15, 0.2) is 11.6 Å². The van der Waals surface area contributed by atoms with E-state index in [4.69, 9.17) is 22.3 Å². The van der Waals surface area contributed by atoms with E-state index in [1.54, 1.807) is 0 Å². The van der Waals surface area contributed by atoms with E-state index in [1.165, 1.54) is 0 Å². The van der Waals surface area contributed by atoms with Gasteiger partial charge in [-0.25, -0.2) is 17.2 Å². The molecule has 1 fully saturated rings. The fourth-order valence-electron chi connectivity index (χ4n) is 2.24. The predicted molar refractivity (Wildman–Crippen MR) is 74.1 cm³/mol. The molecule has 0 heterocycles. The topological polar surface area (TPSA) is 63.2 Å². The van der Waals surface area contributed by atoms with Crippen LogP contribution in [0.3, 0.4) is 0 Å². The molecule has 1 aliphatic rings. The normalized spacial score (nSPS) is 21.8. The first-order valence-electron chi connectivity index (χ1n) is 6.04. The molecule has 0 aliphatic heterocycles. The second-order valence-electron chi connectivity index (χ2n) is 5.05. The average molecular weight is 358 g/mol. The van der Waals surface area contributed by atoms with Crippen molar-refractivity contribution in [2.45, 2.75) is 30.7 Å². The standard InChI is InChI=1S/C12H11Cl2F2NO3S/c1-5-2-6(3-5)17-12(18)7-4-8(15)10(16)11(9(7)13)21(14,19)20/h4-6H,2-3H2,1H3,(H,17,18). The van der Waals surface area contributed by atoms with Crippen LogP contribution < -0.4 is 5.32 Å². The zero-order valence-corrected chi connectivity index (χ0v) is 13.1. The lowest BCUT2D eigenvalue weighted by molar-refractivity contribution is 0.0895. The molecule has 4 nitrogen and oxygen atoms in total. The highest BCUT2D eigenvalue weighted by atomic mass is 35.7. The Morgan fingerprint density at radius 2 is 1.95 bits per heavy atom. The summed E-state index contributed by atoms with van der Waals surface area (Å²) < 4.78 is 49.6. The third-order valence-corrected chi connectivity index (χ3v) is 5.15. The summed E-state index contributed by atoms with van der Waals surface area (Å²) in [6.45, 7) is 2.01. The molecule has 21 heavy (non-hydrogen) atoms. The molecule has 1 aliphatic carbocycles. The van der Waals surface area contributed by atoms with E-state index in [9.17, 15) is 22.0 Å². The van der Waals surface area contributed by atoms with Gasteiger partial charge in [-0.15, -0.1) is 0 Å². The van der Waals surface area contributed by atoms with Gasteiger partial charge < -0.3 is 5.32 Å².